The van der Waals surface area contributed by atoms with E-state index in [-0.39, 0.29) is 5.91 Å². The van der Waals surface area contributed by atoms with Gasteiger partial charge in [-0.3, -0.25) is 4.79 Å². The molecule has 1 amide bonds. The number of benzene rings is 2. The number of carboxylic acids is 1. The van der Waals surface area contributed by atoms with Crippen LogP contribution in [0.4, 0.5) is 5.69 Å². The number of aliphatic carboxylic acids is 1. The molecular formula is C17H18N2O4. The first-order valence-electron chi connectivity index (χ1n) is 7.00. The lowest BCUT2D eigenvalue weighted by atomic mass is 10.1. The molecule has 0 fully saturated rings. The minimum Gasteiger partial charge on any atom is -0.497 e. The fourth-order valence-corrected chi connectivity index (χ4v) is 2.14. The van der Waals surface area contributed by atoms with Gasteiger partial charge in [-0.05, 0) is 42.0 Å². The summed E-state index contributed by atoms with van der Waals surface area (Å²) in [6.45, 7) is 0. The maximum absolute atomic E-state index is 11.6. The summed E-state index contributed by atoms with van der Waals surface area (Å²) in [6.07, 6.45) is 0. The molecule has 120 valence electrons. The number of hydrogen-bond acceptors (Lipinski definition) is 4. The number of methoxy groups -OCH3 is 1. The second kappa shape index (κ2) is 7.31. The number of rotatable bonds is 6. The van der Waals surface area contributed by atoms with E-state index in [4.69, 9.17) is 4.74 Å². The minimum atomic E-state index is -1.01. The molecule has 6 nitrogen and oxygen atoms in total. The molecule has 3 N–H and O–H groups in total. The van der Waals surface area contributed by atoms with Gasteiger partial charge in [0.1, 0.15) is 5.75 Å². The van der Waals surface area contributed by atoms with Crippen molar-refractivity contribution in [3.05, 3.63) is 59.7 Å². The zero-order valence-electron chi connectivity index (χ0n) is 12.9. The zero-order valence-corrected chi connectivity index (χ0v) is 12.9. The molecule has 0 aliphatic heterocycles. The third-order valence-corrected chi connectivity index (χ3v) is 3.36. The van der Waals surface area contributed by atoms with Gasteiger partial charge in [-0.1, -0.05) is 12.1 Å². The van der Waals surface area contributed by atoms with Crippen LogP contribution in [0.25, 0.3) is 0 Å². The Bertz CT molecular complexity index is 698. The topological polar surface area (TPSA) is 87.7 Å². The first-order valence-corrected chi connectivity index (χ1v) is 7.00. The largest absolute Gasteiger partial charge is 0.497 e. The molecule has 23 heavy (non-hydrogen) atoms. The molecule has 0 heterocycles. The summed E-state index contributed by atoms with van der Waals surface area (Å²) < 4.78 is 5.12. The van der Waals surface area contributed by atoms with Crippen LogP contribution in [0.1, 0.15) is 22.0 Å². The van der Waals surface area contributed by atoms with Crippen LogP contribution < -0.4 is 15.4 Å². The Morgan fingerprint density at radius 2 is 1.83 bits per heavy atom. The summed E-state index contributed by atoms with van der Waals surface area (Å²) in [5.41, 5.74) is 1.69. The van der Waals surface area contributed by atoms with Crippen LogP contribution in [0.2, 0.25) is 0 Å². The van der Waals surface area contributed by atoms with Crippen molar-refractivity contribution in [3.63, 3.8) is 0 Å². The molecule has 0 aromatic heterocycles. The molecule has 2 aromatic carbocycles. The van der Waals surface area contributed by atoms with Gasteiger partial charge in [0.15, 0.2) is 6.04 Å². The van der Waals surface area contributed by atoms with Crippen LogP contribution in [0, 0.1) is 0 Å². The number of nitrogens with one attached hydrogen (secondary N) is 2. The molecule has 1 atom stereocenters. The summed E-state index contributed by atoms with van der Waals surface area (Å²) in [4.78, 5) is 23.1. The molecule has 0 radical (unpaired) electrons. The number of hydrogen-bond donors (Lipinski definition) is 3. The molecule has 1 unspecified atom stereocenters. The van der Waals surface area contributed by atoms with Crippen LogP contribution >= 0.6 is 0 Å². The lowest BCUT2D eigenvalue weighted by Crippen LogP contribution is -2.21. The van der Waals surface area contributed by atoms with Gasteiger partial charge in [-0.15, -0.1) is 0 Å². The molecule has 0 saturated carbocycles. The van der Waals surface area contributed by atoms with Crippen molar-refractivity contribution in [2.75, 3.05) is 19.5 Å². The molecule has 0 aliphatic rings. The highest BCUT2D eigenvalue weighted by molar-refractivity contribution is 5.94. The Kier molecular flexibility index (Phi) is 5.19. The van der Waals surface area contributed by atoms with Gasteiger partial charge in [-0.2, -0.15) is 0 Å². The van der Waals surface area contributed by atoms with Crippen molar-refractivity contribution in [2.45, 2.75) is 6.04 Å². The molecule has 0 saturated heterocycles. The average molecular weight is 314 g/mol. The van der Waals surface area contributed by atoms with E-state index < -0.39 is 12.0 Å². The Balaban J connectivity index is 2.22. The number of anilines is 1. The maximum Gasteiger partial charge on any atom is 0.330 e. The van der Waals surface area contributed by atoms with E-state index in [9.17, 15) is 14.7 Å². The fraction of sp³-hybridized carbons (Fsp3) is 0.176. The molecule has 0 spiro atoms. The number of ether oxygens (including phenoxy) is 1. The fourth-order valence-electron chi connectivity index (χ4n) is 2.14. The van der Waals surface area contributed by atoms with Gasteiger partial charge < -0.3 is 20.5 Å². The molecule has 0 aliphatic carbocycles. The standard InChI is InChI=1S/C17H18N2O4/c1-18-16(20)11-6-8-13(9-7-11)19-15(17(21)22)12-4-3-5-14(10-12)23-2/h3-10,15,19H,1-2H3,(H,18,20)(H,21,22). The van der Waals surface area contributed by atoms with Gasteiger partial charge in [-0.25, -0.2) is 4.79 Å². The quantitative estimate of drug-likeness (QED) is 0.761. The van der Waals surface area contributed by atoms with E-state index in [1.54, 1.807) is 55.6 Å². The number of carbonyl (C=O) groups is 2. The molecule has 6 heteroatoms. The van der Waals surface area contributed by atoms with E-state index in [0.717, 1.165) is 0 Å². The minimum absolute atomic E-state index is 0.195. The third-order valence-electron chi connectivity index (χ3n) is 3.36. The summed E-state index contributed by atoms with van der Waals surface area (Å²) in [5.74, 6) is -0.613. The van der Waals surface area contributed by atoms with Gasteiger partial charge in [0.2, 0.25) is 0 Å². The summed E-state index contributed by atoms with van der Waals surface area (Å²) in [7, 11) is 3.08. The van der Waals surface area contributed by atoms with Crippen molar-refractivity contribution >= 4 is 17.6 Å². The Morgan fingerprint density at radius 1 is 1.13 bits per heavy atom. The van der Waals surface area contributed by atoms with E-state index in [2.05, 4.69) is 10.6 Å². The predicted molar refractivity (Wildman–Crippen MR) is 86.8 cm³/mol. The average Bonchev–Trinajstić information content (AvgIpc) is 2.59. The van der Waals surface area contributed by atoms with Gasteiger partial charge in [0.25, 0.3) is 5.91 Å². The lowest BCUT2D eigenvalue weighted by Gasteiger charge is -2.17. The highest BCUT2D eigenvalue weighted by atomic mass is 16.5. The monoisotopic (exact) mass is 314 g/mol. The van der Waals surface area contributed by atoms with Gasteiger partial charge in [0.05, 0.1) is 7.11 Å². The molecule has 2 rings (SSSR count). The highest BCUT2D eigenvalue weighted by Gasteiger charge is 2.20. The zero-order chi connectivity index (χ0) is 16.8. The summed E-state index contributed by atoms with van der Waals surface area (Å²) in [5, 5.41) is 14.9. The lowest BCUT2D eigenvalue weighted by molar-refractivity contribution is -0.138. The maximum atomic E-state index is 11.6. The van der Waals surface area contributed by atoms with E-state index >= 15 is 0 Å². The van der Waals surface area contributed by atoms with Crippen molar-refractivity contribution in [1.82, 2.24) is 5.32 Å². The van der Waals surface area contributed by atoms with Crippen molar-refractivity contribution < 1.29 is 19.4 Å². The second-order valence-electron chi connectivity index (χ2n) is 4.85. The Morgan fingerprint density at radius 3 is 2.39 bits per heavy atom. The first-order chi connectivity index (χ1) is 11.0. The summed E-state index contributed by atoms with van der Waals surface area (Å²) in [6, 6.07) is 12.5. The van der Waals surface area contributed by atoms with Crippen molar-refractivity contribution in [2.24, 2.45) is 0 Å². The third kappa shape index (κ3) is 4.00. The van der Waals surface area contributed by atoms with Crippen LogP contribution in [0.5, 0.6) is 5.75 Å². The number of carboxylic acid groups (broad SMARTS) is 1. The van der Waals surface area contributed by atoms with Crippen LogP contribution in [0.15, 0.2) is 48.5 Å². The van der Waals surface area contributed by atoms with Crippen LogP contribution in [-0.4, -0.2) is 31.1 Å². The predicted octanol–water partition coefficient (Wildman–Crippen LogP) is 2.29. The van der Waals surface area contributed by atoms with Crippen LogP contribution in [0.3, 0.4) is 0 Å². The highest BCUT2D eigenvalue weighted by Crippen LogP contribution is 2.23. The van der Waals surface area contributed by atoms with Crippen molar-refractivity contribution in [3.8, 4) is 5.75 Å². The Hall–Kier alpha value is -3.02. The molecular weight excluding hydrogens is 296 g/mol. The molecule has 2 aromatic rings. The van der Waals surface area contributed by atoms with E-state index in [1.807, 2.05) is 0 Å². The second-order valence-corrected chi connectivity index (χ2v) is 4.85. The SMILES string of the molecule is CNC(=O)c1ccc(NC(C(=O)O)c2cccc(OC)c2)cc1. The van der Waals surface area contributed by atoms with Crippen molar-refractivity contribution in [1.29, 1.82) is 0 Å². The Labute approximate surface area is 134 Å². The van der Waals surface area contributed by atoms with Gasteiger partial charge in [0, 0.05) is 18.3 Å². The normalized spacial score (nSPS) is 11.4. The first kappa shape index (κ1) is 16.4. The van der Waals surface area contributed by atoms with E-state index in [0.29, 0.717) is 22.6 Å². The summed E-state index contributed by atoms with van der Waals surface area (Å²) >= 11 is 0. The van der Waals surface area contributed by atoms with Gasteiger partial charge >= 0.3 is 5.97 Å². The van der Waals surface area contributed by atoms with E-state index in [1.165, 1.54) is 7.11 Å². The molecule has 0 bridgehead atoms. The number of amides is 1. The van der Waals surface area contributed by atoms with Crippen LogP contribution in [-0.2, 0) is 4.79 Å². The smallest absolute Gasteiger partial charge is 0.330 e. The number of carbonyl (C=O) groups excluding carboxylic acids is 1.